The third-order valence-electron chi connectivity index (χ3n) is 4.25. The van der Waals surface area contributed by atoms with Gasteiger partial charge in [-0.25, -0.2) is 4.68 Å². The zero-order valence-corrected chi connectivity index (χ0v) is 17.9. The third kappa shape index (κ3) is 5.55. The maximum Gasteiger partial charge on any atom is 0.253 e. The summed E-state index contributed by atoms with van der Waals surface area (Å²) in [5.74, 6) is -0.576. The van der Waals surface area contributed by atoms with E-state index in [2.05, 4.69) is 26.2 Å². The van der Waals surface area contributed by atoms with Gasteiger partial charge in [-0.1, -0.05) is 37.0 Å². The van der Waals surface area contributed by atoms with Crippen LogP contribution in [0.4, 0.5) is 5.69 Å². The summed E-state index contributed by atoms with van der Waals surface area (Å²) in [7, 11) is 0. The quantitative estimate of drug-likeness (QED) is 0.575. The van der Waals surface area contributed by atoms with Crippen molar-refractivity contribution in [2.75, 3.05) is 5.32 Å². The van der Waals surface area contributed by atoms with Crippen LogP contribution in [-0.2, 0) is 4.79 Å². The van der Waals surface area contributed by atoms with Gasteiger partial charge in [-0.2, -0.15) is 0 Å². The van der Waals surface area contributed by atoms with E-state index in [1.54, 1.807) is 30.3 Å². The van der Waals surface area contributed by atoms with Gasteiger partial charge in [0.25, 0.3) is 5.91 Å². The van der Waals surface area contributed by atoms with E-state index in [1.165, 1.54) is 23.1 Å². The minimum atomic E-state index is -0.733. The smallest absolute Gasteiger partial charge is 0.253 e. The first-order valence-corrected chi connectivity index (χ1v) is 9.99. The Hall–Kier alpha value is -2.97. The highest BCUT2D eigenvalue weighted by Gasteiger charge is 2.23. The van der Waals surface area contributed by atoms with Gasteiger partial charge >= 0.3 is 0 Å². The van der Waals surface area contributed by atoms with Crippen LogP contribution in [0, 0.1) is 5.92 Å². The Balaban J connectivity index is 1.71. The fourth-order valence-corrected chi connectivity index (χ4v) is 3.31. The number of amides is 2. The minimum Gasteiger partial charge on any atom is -0.340 e. The monoisotopic (exact) mass is 446 g/mol. The average Bonchev–Trinajstić information content (AvgIpc) is 3.22. The number of carbonyl (C=O) groups is 2. The number of carbonyl (C=O) groups excluding carboxylic acids is 2. The highest BCUT2D eigenvalue weighted by atomic mass is 35.5. The number of halogens is 2. The molecule has 1 atom stereocenters. The lowest BCUT2D eigenvalue weighted by molar-refractivity contribution is -0.118. The van der Waals surface area contributed by atoms with E-state index in [0.717, 1.165) is 5.69 Å². The van der Waals surface area contributed by atoms with E-state index in [0.29, 0.717) is 17.1 Å². The summed E-state index contributed by atoms with van der Waals surface area (Å²) in [6.07, 6.45) is 1.94. The van der Waals surface area contributed by atoms with Crippen LogP contribution in [0.25, 0.3) is 5.69 Å². The molecule has 1 aromatic heterocycles. The molecule has 30 heavy (non-hydrogen) atoms. The van der Waals surface area contributed by atoms with Crippen molar-refractivity contribution in [1.29, 1.82) is 0 Å². The van der Waals surface area contributed by atoms with Crippen molar-refractivity contribution in [2.45, 2.75) is 26.3 Å². The van der Waals surface area contributed by atoms with Crippen molar-refractivity contribution < 1.29 is 9.59 Å². The SMILES string of the molecule is CC(C)CC(NC(=O)c1ccc(Cl)cc1Cl)C(=O)Nc1ccc(-n2cnnn2)cc1. The van der Waals surface area contributed by atoms with Crippen LogP contribution in [0.15, 0.2) is 48.8 Å². The van der Waals surface area contributed by atoms with Crippen LogP contribution < -0.4 is 10.6 Å². The number of tetrazole rings is 1. The highest BCUT2D eigenvalue weighted by molar-refractivity contribution is 6.36. The number of hydrogen-bond donors (Lipinski definition) is 2. The molecule has 10 heteroatoms. The number of aromatic nitrogens is 4. The molecule has 0 aliphatic carbocycles. The van der Waals surface area contributed by atoms with Crippen molar-refractivity contribution in [2.24, 2.45) is 5.92 Å². The summed E-state index contributed by atoms with van der Waals surface area (Å²) in [6.45, 7) is 3.95. The number of benzene rings is 2. The molecule has 1 unspecified atom stereocenters. The molecule has 2 N–H and O–H groups in total. The Morgan fingerprint density at radius 2 is 1.83 bits per heavy atom. The molecule has 0 radical (unpaired) electrons. The summed E-state index contributed by atoms with van der Waals surface area (Å²) in [5.41, 5.74) is 1.60. The molecule has 0 fully saturated rings. The van der Waals surface area contributed by atoms with E-state index in [9.17, 15) is 9.59 Å². The molecular weight excluding hydrogens is 427 g/mol. The first kappa shape index (κ1) is 21.7. The van der Waals surface area contributed by atoms with Gasteiger partial charge in [-0.3, -0.25) is 9.59 Å². The molecule has 2 amide bonds. The molecule has 0 bridgehead atoms. The molecule has 2 aromatic carbocycles. The Bertz CT molecular complexity index is 1020. The zero-order valence-electron chi connectivity index (χ0n) is 16.3. The second-order valence-electron chi connectivity index (χ2n) is 7.07. The van der Waals surface area contributed by atoms with Crippen LogP contribution in [-0.4, -0.2) is 38.1 Å². The molecule has 156 valence electrons. The first-order chi connectivity index (χ1) is 14.3. The molecule has 0 saturated heterocycles. The minimum absolute atomic E-state index is 0.184. The fraction of sp³-hybridized carbons (Fsp3) is 0.250. The van der Waals surface area contributed by atoms with Gasteiger partial charge in [-0.05, 0) is 65.2 Å². The van der Waals surface area contributed by atoms with Gasteiger partial charge in [0.1, 0.15) is 12.4 Å². The van der Waals surface area contributed by atoms with Crippen LogP contribution in [0.1, 0.15) is 30.6 Å². The number of nitrogens with zero attached hydrogens (tertiary/aromatic N) is 4. The zero-order chi connectivity index (χ0) is 21.7. The Morgan fingerprint density at radius 3 is 2.43 bits per heavy atom. The summed E-state index contributed by atoms with van der Waals surface area (Å²) < 4.78 is 1.50. The van der Waals surface area contributed by atoms with Crippen LogP contribution >= 0.6 is 23.2 Å². The predicted octanol–water partition coefficient (Wildman–Crippen LogP) is 3.75. The van der Waals surface area contributed by atoms with E-state index in [-0.39, 0.29) is 22.4 Å². The molecule has 3 aromatic rings. The standard InChI is InChI=1S/C20H20Cl2N6O2/c1-12(2)9-18(25-19(29)16-8-3-13(21)10-17(16)22)20(30)24-14-4-6-15(7-5-14)28-11-23-26-27-28/h3-8,10-12,18H,9H2,1-2H3,(H,24,30)(H,25,29). The van der Waals surface area contributed by atoms with Gasteiger partial charge in [0, 0.05) is 10.7 Å². The van der Waals surface area contributed by atoms with Crippen LogP contribution in [0.2, 0.25) is 10.0 Å². The van der Waals surface area contributed by atoms with E-state index < -0.39 is 11.9 Å². The summed E-state index contributed by atoms with van der Waals surface area (Å²) >= 11 is 12.0. The summed E-state index contributed by atoms with van der Waals surface area (Å²) in [4.78, 5) is 25.5. The van der Waals surface area contributed by atoms with Crippen LogP contribution in [0.3, 0.4) is 0 Å². The number of hydrogen-bond acceptors (Lipinski definition) is 5. The maximum absolute atomic E-state index is 12.9. The molecule has 0 aliphatic heterocycles. The molecular formula is C20H20Cl2N6O2. The summed E-state index contributed by atoms with van der Waals surface area (Å²) in [5, 5.41) is 17.2. The third-order valence-corrected chi connectivity index (χ3v) is 4.80. The lowest BCUT2D eigenvalue weighted by Gasteiger charge is -2.20. The first-order valence-electron chi connectivity index (χ1n) is 9.23. The highest BCUT2D eigenvalue weighted by Crippen LogP contribution is 2.21. The van der Waals surface area contributed by atoms with E-state index in [4.69, 9.17) is 23.2 Å². The predicted molar refractivity (Wildman–Crippen MR) is 115 cm³/mol. The average molecular weight is 447 g/mol. The Morgan fingerprint density at radius 1 is 1.10 bits per heavy atom. The van der Waals surface area contributed by atoms with Crippen molar-refractivity contribution in [3.05, 3.63) is 64.4 Å². The lowest BCUT2D eigenvalue weighted by atomic mass is 10.0. The maximum atomic E-state index is 12.9. The molecule has 0 spiro atoms. The van der Waals surface area contributed by atoms with Crippen molar-refractivity contribution in [1.82, 2.24) is 25.5 Å². The topological polar surface area (TPSA) is 102 Å². The molecule has 0 aliphatic rings. The van der Waals surface area contributed by atoms with Gasteiger partial charge < -0.3 is 10.6 Å². The molecule has 8 nitrogen and oxygen atoms in total. The molecule has 1 heterocycles. The van der Waals surface area contributed by atoms with Gasteiger partial charge in [-0.15, -0.1) is 5.10 Å². The van der Waals surface area contributed by atoms with E-state index in [1.807, 2.05) is 13.8 Å². The molecule has 3 rings (SSSR count). The Kier molecular flexibility index (Phi) is 7.02. The summed E-state index contributed by atoms with van der Waals surface area (Å²) in [6, 6.07) is 10.9. The normalized spacial score (nSPS) is 11.9. The number of nitrogens with one attached hydrogen (secondary N) is 2. The Labute approximate surface area is 183 Å². The van der Waals surface area contributed by atoms with Gasteiger partial charge in [0.05, 0.1) is 16.3 Å². The largest absolute Gasteiger partial charge is 0.340 e. The van der Waals surface area contributed by atoms with Crippen molar-refractivity contribution >= 4 is 40.7 Å². The second kappa shape index (κ2) is 9.69. The fourth-order valence-electron chi connectivity index (χ4n) is 2.82. The second-order valence-corrected chi connectivity index (χ2v) is 7.91. The number of anilines is 1. The number of rotatable bonds is 7. The molecule has 0 saturated carbocycles. The van der Waals surface area contributed by atoms with Crippen molar-refractivity contribution in [3.63, 3.8) is 0 Å². The van der Waals surface area contributed by atoms with E-state index >= 15 is 0 Å². The van der Waals surface area contributed by atoms with Crippen LogP contribution in [0.5, 0.6) is 0 Å². The lowest BCUT2D eigenvalue weighted by Crippen LogP contribution is -2.44. The van der Waals surface area contributed by atoms with Gasteiger partial charge in [0.2, 0.25) is 5.91 Å². The van der Waals surface area contributed by atoms with Gasteiger partial charge in [0.15, 0.2) is 0 Å². The van der Waals surface area contributed by atoms with Crippen molar-refractivity contribution in [3.8, 4) is 5.69 Å².